The number of rotatable bonds is 6. The van der Waals surface area contributed by atoms with Gasteiger partial charge in [0, 0.05) is 18.6 Å². The monoisotopic (exact) mass is 255 g/mol. The number of nitrogens with one attached hydrogen (secondary N) is 1. The molecule has 0 radical (unpaired) electrons. The summed E-state index contributed by atoms with van der Waals surface area (Å²) < 4.78 is 0. The first-order valence-electron chi connectivity index (χ1n) is 7.26. The Balaban J connectivity index is 2.56. The van der Waals surface area contributed by atoms with Crippen molar-refractivity contribution >= 4 is 5.91 Å². The third-order valence-corrected chi connectivity index (χ3v) is 4.56. The fourth-order valence-electron chi connectivity index (χ4n) is 3.00. The Morgan fingerprint density at radius 3 is 2.44 bits per heavy atom. The number of amides is 1. The predicted octanol–water partition coefficient (Wildman–Crippen LogP) is 1.35. The summed E-state index contributed by atoms with van der Waals surface area (Å²) in [5.74, 6) is 0.952. The summed E-state index contributed by atoms with van der Waals surface area (Å²) in [6.07, 6.45) is 6.00. The van der Waals surface area contributed by atoms with Crippen molar-refractivity contribution in [1.29, 1.82) is 0 Å². The van der Waals surface area contributed by atoms with Crippen LogP contribution in [0.2, 0.25) is 0 Å². The normalized spacial score (nSPS) is 28.4. The molecule has 1 fully saturated rings. The van der Waals surface area contributed by atoms with Gasteiger partial charge < -0.3 is 11.1 Å². The largest absolute Gasteiger partial charge is 0.355 e. The molecule has 1 rings (SSSR count). The Bertz CT molecular complexity index is 260. The number of carbonyl (C=O) groups excluding carboxylic acids is 1. The fraction of sp³-hybridized carbons (Fsp3) is 0.929. The Labute approximate surface area is 111 Å². The zero-order valence-electron chi connectivity index (χ0n) is 12.2. The summed E-state index contributed by atoms with van der Waals surface area (Å²) in [4.78, 5) is 13.9. The van der Waals surface area contributed by atoms with E-state index in [-0.39, 0.29) is 11.4 Å². The molecule has 0 heterocycles. The minimum absolute atomic E-state index is 0.0384. The van der Waals surface area contributed by atoms with Crippen molar-refractivity contribution in [3.8, 4) is 0 Å². The second-order valence-electron chi connectivity index (χ2n) is 5.59. The standard InChI is InChI=1S/C14H29N3O/c1-4-12-6-8-14(11-15,9-7-12)17(3)10-13(18)16-5-2/h12H,4-11,15H2,1-3H3,(H,16,18). The van der Waals surface area contributed by atoms with E-state index in [4.69, 9.17) is 5.73 Å². The molecule has 1 amide bonds. The summed E-state index contributed by atoms with van der Waals surface area (Å²) in [6.45, 7) is 6.02. The summed E-state index contributed by atoms with van der Waals surface area (Å²) >= 11 is 0. The van der Waals surface area contributed by atoms with Gasteiger partial charge in [-0.05, 0) is 45.6 Å². The molecule has 0 bridgehead atoms. The van der Waals surface area contributed by atoms with E-state index in [1.54, 1.807) is 0 Å². The molecular weight excluding hydrogens is 226 g/mol. The zero-order valence-corrected chi connectivity index (χ0v) is 12.2. The van der Waals surface area contributed by atoms with Gasteiger partial charge in [-0.15, -0.1) is 0 Å². The van der Waals surface area contributed by atoms with Crippen molar-refractivity contribution in [3.05, 3.63) is 0 Å². The van der Waals surface area contributed by atoms with Crippen LogP contribution in [0, 0.1) is 5.92 Å². The summed E-state index contributed by atoms with van der Waals surface area (Å²) in [5.41, 5.74) is 6.04. The van der Waals surface area contributed by atoms with Crippen molar-refractivity contribution in [1.82, 2.24) is 10.2 Å². The highest BCUT2D eigenvalue weighted by Crippen LogP contribution is 2.36. The minimum atomic E-state index is 0.0384. The molecule has 0 aromatic carbocycles. The van der Waals surface area contributed by atoms with Crippen LogP contribution in [0.5, 0.6) is 0 Å². The molecule has 0 aromatic heterocycles. The average Bonchev–Trinajstić information content (AvgIpc) is 2.39. The Morgan fingerprint density at radius 1 is 1.39 bits per heavy atom. The fourth-order valence-corrected chi connectivity index (χ4v) is 3.00. The molecule has 0 spiro atoms. The van der Waals surface area contributed by atoms with Crippen LogP contribution < -0.4 is 11.1 Å². The molecule has 1 aliphatic rings. The first-order chi connectivity index (χ1) is 8.57. The number of likely N-dealkylation sites (N-methyl/N-ethyl adjacent to an activating group) is 2. The van der Waals surface area contributed by atoms with Crippen LogP contribution in [-0.2, 0) is 4.79 Å². The highest BCUT2D eigenvalue weighted by molar-refractivity contribution is 5.78. The van der Waals surface area contributed by atoms with Crippen molar-refractivity contribution in [2.24, 2.45) is 11.7 Å². The van der Waals surface area contributed by atoms with Gasteiger partial charge in [-0.3, -0.25) is 9.69 Å². The van der Waals surface area contributed by atoms with Gasteiger partial charge in [-0.1, -0.05) is 13.3 Å². The predicted molar refractivity (Wildman–Crippen MR) is 75.3 cm³/mol. The van der Waals surface area contributed by atoms with Gasteiger partial charge in [0.2, 0.25) is 5.91 Å². The number of hydrogen-bond acceptors (Lipinski definition) is 3. The van der Waals surface area contributed by atoms with Crippen LogP contribution in [0.1, 0.15) is 46.0 Å². The van der Waals surface area contributed by atoms with Gasteiger partial charge in [0.05, 0.1) is 6.54 Å². The van der Waals surface area contributed by atoms with Crippen LogP contribution in [-0.4, -0.2) is 43.0 Å². The summed E-state index contributed by atoms with van der Waals surface area (Å²) in [6, 6.07) is 0. The maximum Gasteiger partial charge on any atom is 0.234 e. The van der Waals surface area contributed by atoms with Gasteiger partial charge in [0.15, 0.2) is 0 Å². The van der Waals surface area contributed by atoms with E-state index in [9.17, 15) is 4.79 Å². The Morgan fingerprint density at radius 2 is 2.00 bits per heavy atom. The highest BCUT2D eigenvalue weighted by atomic mass is 16.2. The number of hydrogen-bond donors (Lipinski definition) is 2. The van der Waals surface area contributed by atoms with Crippen molar-refractivity contribution in [2.45, 2.75) is 51.5 Å². The zero-order chi connectivity index (χ0) is 13.6. The topological polar surface area (TPSA) is 58.4 Å². The number of nitrogens with zero attached hydrogens (tertiary/aromatic N) is 1. The third kappa shape index (κ3) is 3.69. The van der Waals surface area contributed by atoms with E-state index in [2.05, 4.69) is 17.1 Å². The van der Waals surface area contributed by atoms with Gasteiger partial charge >= 0.3 is 0 Å². The van der Waals surface area contributed by atoms with E-state index in [1.807, 2.05) is 14.0 Å². The molecule has 1 saturated carbocycles. The maximum absolute atomic E-state index is 11.7. The van der Waals surface area contributed by atoms with Crippen molar-refractivity contribution in [2.75, 3.05) is 26.7 Å². The second-order valence-corrected chi connectivity index (χ2v) is 5.59. The van der Waals surface area contributed by atoms with Crippen LogP contribution in [0.3, 0.4) is 0 Å². The van der Waals surface area contributed by atoms with Crippen LogP contribution in [0.25, 0.3) is 0 Å². The van der Waals surface area contributed by atoms with Crippen molar-refractivity contribution in [3.63, 3.8) is 0 Å². The van der Waals surface area contributed by atoms with E-state index in [0.29, 0.717) is 19.6 Å². The first-order valence-corrected chi connectivity index (χ1v) is 7.26. The summed E-state index contributed by atoms with van der Waals surface area (Å²) in [7, 11) is 2.04. The van der Waals surface area contributed by atoms with Crippen LogP contribution in [0.15, 0.2) is 0 Å². The molecular formula is C14H29N3O. The SMILES string of the molecule is CCNC(=O)CN(C)C1(CN)CCC(CC)CC1. The molecule has 106 valence electrons. The molecule has 0 aromatic rings. The van der Waals surface area contributed by atoms with E-state index < -0.39 is 0 Å². The van der Waals surface area contributed by atoms with Gasteiger partial charge in [-0.25, -0.2) is 0 Å². The molecule has 0 saturated heterocycles. The smallest absolute Gasteiger partial charge is 0.234 e. The highest BCUT2D eigenvalue weighted by Gasteiger charge is 2.37. The van der Waals surface area contributed by atoms with Gasteiger partial charge in [-0.2, -0.15) is 0 Å². The summed E-state index contributed by atoms with van der Waals surface area (Å²) in [5, 5.41) is 2.86. The molecule has 18 heavy (non-hydrogen) atoms. The third-order valence-electron chi connectivity index (χ3n) is 4.56. The molecule has 3 N–H and O–H groups in total. The average molecular weight is 255 g/mol. The number of nitrogens with two attached hydrogens (primary N) is 1. The number of carbonyl (C=O) groups is 1. The lowest BCUT2D eigenvalue weighted by Crippen LogP contribution is -2.56. The first kappa shape index (κ1) is 15.4. The van der Waals surface area contributed by atoms with Crippen LogP contribution in [0.4, 0.5) is 0 Å². The van der Waals surface area contributed by atoms with E-state index >= 15 is 0 Å². The van der Waals surface area contributed by atoms with E-state index in [1.165, 1.54) is 19.3 Å². The lowest BCUT2D eigenvalue weighted by atomic mass is 9.74. The minimum Gasteiger partial charge on any atom is -0.355 e. The van der Waals surface area contributed by atoms with Crippen LogP contribution >= 0.6 is 0 Å². The lowest BCUT2D eigenvalue weighted by Gasteiger charge is -2.45. The quantitative estimate of drug-likeness (QED) is 0.753. The van der Waals surface area contributed by atoms with Gasteiger partial charge in [0.25, 0.3) is 0 Å². The Kier molecular flexibility index (Phi) is 6.09. The van der Waals surface area contributed by atoms with Gasteiger partial charge in [0.1, 0.15) is 0 Å². The molecule has 0 atom stereocenters. The second kappa shape index (κ2) is 7.10. The lowest BCUT2D eigenvalue weighted by molar-refractivity contribution is -0.123. The molecule has 0 unspecified atom stereocenters. The maximum atomic E-state index is 11.7. The Hall–Kier alpha value is -0.610. The molecule has 4 nitrogen and oxygen atoms in total. The van der Waals surface area contributed by atoms with Crippen molar-refractivity contribution < 1.29 is 4.79 Å². The van der Waals surface area contributed by atoms with E-state index in [0.717, 1.165) is 18.8 Å². The molecule has 0 aliphatic heterocycles. The molecule has 1 aliphatic carbocycles. The molecule has 4 heteroatoms.